The van der Waals surface area contributed by atoms with E-state index in [1.54, 1.807) is 0 Å². The molecule has 0 aromatic carbocycles. The molecule has 0 saturated heterocycles. The summed E-state index contributed by atoms with van der Waals surface area (Å²) in [6.07, 6.45) is 7.98. The van der Waals surface area contributed by atoms with Crippen molar-refractivity contribution >= 4 is 5.96 Å². The van der Waals surface area contributed by atoms with Crippen molar-refractivity contribution in [3.8, 4) is 0 Å². The van der Waals surface area contributed by atoms with Crippen LogP contribution in [0.2, 0.25) is 0 Å². The van der Waals surface area contributed by atoms with Crippen LogP contribution in [0.4, 0.5) is 0 Å². The molecule has 0 amide bonds. The fourth-order valence-corrected chi connectivity index (χ4v) is 2.99. The van der Waals surface area contributed by atoms with Gasteiger partial charge in [-0.15, -0.1) is 0 Å². The lowest BCUT2D eigenvalue weighted by molar-refractivity contribution is 0.176. The van der Waals surface area contributed by atoms with Crippen LogP contribution in [0, 0.1) is 11.8 Å². The van der Waals surface area contributed by atoms with Gasteiger partial charge in [-0.2, -0.15) is 0 Å². The van der Waals surface area contributed by atoms with Gasteiger partial charge in [0.1, 0.15) is 0 Å². The second-order valence-corrected chi connectivity index (χ2v) is 6.76. The normalized spacial score (nSPS) is 19.6. The molecule has 3 N–H and O–H groups in total. The van der Waals surface area contributed by atoms with Gasteiger partial charge in [-0.05, 0) is 45.2 Å². The third-order valence-corrected chi connectivity index (χ3v) is 4.33. The summed E-state index contributed by atoms with van der Waals surface area (Å²) >= 11 is 0. The predicted molar refractivity (Wildman–Crippen MR) is 88.0 cm³/mol. The third-order valence-electron chi connectivity index (χ3n) is 4.33. The monoisotopic (exact) mass is 282 g/mol. The van der Waals surface area contributed by atoms with Gasteiger partial charge in [0.25, 0.3) is 0 Å². The molecule has 1 rings (SSSR count). The molecule has 20 heavy (non-hydrogen) atoms. The maximum atomic E-state index is 5.96. The van der Waals surface area contributed by atoms with Crippen LogP contribution in [0.25, 0.3) is 0 Å². The number of nitrogens with one attached hydrogen (secondary N) is 1. The molecule has 0 aliphatic heterocycles. The maximum absolute atomic E-state index is 5.96. The number of rotatable bonds is 7. The summed E-state index contributed by atoms with van der Waals surface area (Å²) in [6.45, 7) is 6.18. The molecule has 0 heterocycles. The zero-order valence-electron chi connectivity index (χ0n) is 13.9. The highest BCUT2D eigenvalue weighted by Crippen LogP contribution is 2.28. The van der Waals surface area contributed by atoms with Crippen molar-refractivity contribution in [3.63, 3.8) is 0 Å². The Morgan fingerprint density at radius 3 is 2.45 bits per heavy atom. The van der Waals surface area contributed by atoms with Crippen LogP contribution in [0.5, 0.6) is 0 Å². The van der Waals surface area contributed by atoms with Crippen LogP contribution in [-0.2, 0) is 0 Å². The van der Waals surface area contributed by atoms with E-state index in [4.69, 9.17) is 5.73 Å². The molecule has 0 spiro atoms. The lowest BCUT2D eigenvalue weighted by Crippen LogP contribution is -2.40. The molecule has 0 bridgehead atoms. The molecule has 0 radical (unpaired) electrons. The Kier molecular flexibility index (Phi) is 7.97. The average molecular weight is 282 g/mol. The van der Waals surface area contributed by atoms with E-state index in [2.05, 4.69) is 43.2 Å². The van der Waals surface area contributed by atoms with Crippen LogP contribution in [0.15, 0.2) is 4.99 Å². The number of guanidine groups is 1. The topological polar surface area (TPSA) is 53.6 Å². The summed E-state index contributed by atoms with van der Waals surface area (Å²) in [5, 5.41) is 3.22. The first kappa shape index (κ1) is 17.3. The van der Waals surface area contributed by atoms with E-state index in [9.17, 15) is 0 Å². The Balaban J connectivity index is 2.40. The molecule has 1 atom stereocenters. The number of aliphatic imine (C=N–C) groups is 1. The van der Waals surface area contributed by atoms with Crippen LogP contribution >= 0.6 is 0 Å². The minimum absolute atomic E-state index is 0.528. The van der Waals surface area contributed by atoms with E-state index in [1.807, 2.05) is 0 Å². The molecular formula is C16H34N4. The smallest absolute Gasteiger partial charge is 0.188 e. The van der Waals surface area contributed by atoms with E-state index in [0.717, 1.165) is 25.4 Å². The molecule has 1 aliphatic rings. The van der Waals surface area contributed by atoms with Crippen molar-refractivity contribution in [1.82, 2.24) is 10.2 Å². The average Bonchev–Trinajstić information content (AvgIpc) is 2.39. The van der Waals surface area contributed by atoms with Gasteiger partial charge in [-0.1, -0.05) is 33.1 Å². The molecule has 0 aromatic rings. The fraction of sp³-hybridized carbons (Fsp3) is 0.938. The Morgan fingerprint density at radius 2 is 1.90 bits per heavy atom. The number of likely N-dealkylation sites (N-methyl/N-ethyl adjacent to an activating group) is 1. The van der Waals surface area contributed by atoms with Crippen molar-refractivity contribution in [2.24, 2.45) is 22.6 Å². The van der Waals surface area contributed by atoms with E-state index < -0.39 is 0 Å². The molecule has 1 aliphatic carbocycles. The van der Waals surface area contributed by atoms with Crippen LogP contribution in [-0.4, -0.2) is 44.1 Å². The summed E-state index contributed by atoms with van der Waals surface area (Å²) in [5.74, 6) is 2.09. The van der Waals surface area contributed by atoms with Gasteiger partial charge in [0, 0.05) is 12.6 Å². The van der Waals surface area contributed by atoms with E-state index >= 15 is 0 Å². The molecule has 0 aromatic heterocycles. The highest BCUT2D eigenvalue weighted by molar-refractivity contribution is 5.77. The Labute approximate surface area is 125 Å². The second-order valence-electron chi connectivity index (χ2n) is 6.76. The first-order valence-corrected chi connectivity index (χ1v) is 8.21. The van der Waals surface area contributed by atoms with Crippen molar-refractivity contribution < 1.29 is 0 Å². The largest absolute Gasteiger partial charge is 0.370 e. The van der Waals surface area contributed by atoms with Crippen molar-refractivity contribution in [2.75, 3.05) is 27.2 Å². The molecular weight excluding hydrogens is 248 g/mol. The van der Waals surface area contributed by atoms with Gasteiger partial charge < -0.3 is 16.0 Å². The summed E-state index contributed by atoms with van der Waals surface area (Å²) in [6, 6.07) is 0.528. The summed E-state index contributed by atoms with van der Waals surface area (Å²) in [7, 11) is 4.33. The van der Waals surface area contributed by atoms with Gasteiger partial charge in [0.05, 0.1) is 6.54 Å². The van der Waals surface area contributed by atoms with Crippen molar-refractivity contribution in [3.05, 3.63) is 0 Å². The Hall–Kier alpha value is -0.770. The van der Waals surface area contributed by atoms with Crippen LogP contribution < -0.4 is 11.1 Å². The number of nitrogens with two attached hydrogens (primary N) is 1. The minimum atomic E-state index is 0.528. The highest BCUT2D eigenvalue weighted by Gasteiger charge is 2.24. The quantitative estimate of drug-likeness (QED) is 0.557. The summed E-state index contributed by atoms with van der Waals surface area (Å²) in [5.41, 5.74) is 5.96. The molecule has 118 valence electrons. The number of hydrogen-bond donors (Lipinski definition) is 2. The van der Waals surface area contributed by atoms with Gasteiger partial charge in [-0.25, -0.2) is 0 Å². The predicted octanol–water partition coefficient (Wildman–Crippen LogP) is 2.45. The molecule has 1 fully saturated rings. The van der Waals surface area contributed by atoms with E-state index in [1.165, 1.54) is 32.1 Å². The molecule has 4 nitrogen and oxygen atoms in total. The van der Waals surface area contributed by atoms with E-state index in [-0.39, 0.29) is 0 Å². The third kappa shape index (κ3) is 6.60. The lowest BCUT2D eigenvalue weighted by Gasteiger charge is -2.33. The standard InChI is InChI=1S/C16H34N4/c1-13(2)10-11-18-16(17)19-12-15(20(3)4)14-8-6-5-7-9-14/h13-15H,5-12H2,1-4H3,(H3,17,18,19). The Bertz CT molecular complexity index is 280. The van der Waals surface area contributed by atoms with Crippen molar-refractivity contribution in [1.29, 1.82) is 0 Å². The van der Waals surface area contributed by atoms with Gasteiger partial charge >= 0.3 is 0 Å². The molecule has 1 saturated carbocycles. The summed E-state index contributed by atoms with van der Waals surface area (Å²) < 4.78 is 0. The maximum Gasteiger partial charge on any atom is 0.188 e. The summed E-state index contributed by atoms with van der Waals surface area (Å²) in [4.78, 5) is 6.88. The van der Waals surface area contributed by atoms with Gasteiger partial charge in [0.2, 0.25) is 0 Å². The zero-order chi connectivity index (χ0) is 15.0. The zero-order valence-corrected chi connectivity index (χ0v) is 13.9. The number of nitrogens with zero attached hydrogens (tertiary/aromatic N) is 2. The first-order chi connectivity index (χ1) is 9.50. The van der Waals surface area contributed by atoms with Gasteiger partial charge in [0.15, 0.2) is 5.96 Å². The lowest BCUT2D eigenvalue weighted by atomic mass is 9.83. The number of hydrogen-bond acceptors (Lipinski definition) is 2. The fourth-order valence-electron chi connectivity index (χ4n) is 2.99. The minimum Gasteiger partial charge on any atom is -0.370 e. The second kappa shape index (κ2) is 9.22. The molecule has 1 unspecified atom stereocenters. The van der Waals surface area contributed by atoms with E-state index in [0.29, 0.717) is 17.9 Å². The van der Waals surface area contributed by atoms with Gasteiger partial charge in [-0.3, -0.25) is 4.99 Å². The first-order valence-electron chi connectivity index (χ1n) is 8.21. The van der Waals surface area contributed by atoms with Crippen molar-refractivity contribution in [2.45, 2.75) is 58.4 Å². The van der Waals surface area contributed by atoms with Crippen LogP contribution in [0.3, 0.4) is 0 Å². The van der Waals surface area contributed by atoms with Crippen LogP contribution in [0.1, 0.15) is 52.4 Å². The molecule has 4 heteroatoms. The highest BCUT2D eigenvalue weighted by atomic mass is 15.1. The Morgan fingerprint density at radius 1 is 1.25 bits per heavy atom. The SMILES string of the molecule is CC(C)CCNC(N)=NCC(C1CCCCC1)N(C)C.